The first-order valence-electron chi connectivity index (χ1n) is 6.33. The van der Waals surface area contributed by atoms with Gasteiger partial charge in [0, 0.05) is 12.6 Å². The molecule has 0 fully saturated rings. The van der Waals surface area contributed by atoms with Crippen molar-refractivity contribution in [2.24, 2.45) is 0 Å². The van der Waals surface area contributed by atoms with Crippen molar-refractivity contribution in [2.45, 2.75) is 27.3 Å². The standard InChI is InChI=1S/C16H16BrF2N/c1-9-4-10(2)12(11(3)5-9)8-20-16-6-13(17)14(18)7-15(16)19/h4-7,20H,8H2,1-3H3. The lowest BCUT2D eigenvalue weighted by molar-refractivity contribution is 0.580. The Balaban J connectivity index is 2.23. The zero-order chi connectivity index (χ0) is 14.9. The van der Waals surface area contributed by atoms with Crippen LogP contribution in [0.5, 0.6) is 0 Å². The number of hydrogen-bond acceptors (Lipinski definition) is 1. The molecule has 0 atom stereocenters. The molecule has 0 spiro atoms. The summed E-state index contributed by atoms with van der Waals surface area (Å²) in [7, 11) is 0. The van der Waals surface area contributed by atoms with Crippen molar-refractivity contribution in [1.82, 2.24) is 0 Å². The van der Waals surface area contributed by atoms with E-state index in [9.17, 15) is 8.78 Å². The Hall–Kier alpha value is -1.42. The summed E-state index contributed by atoms with van der Waals surface area (Å²) in [5.74, 6) is -1.19. The highest BCUT2D eigenvalue weighted by molar-refractivity contribution is 9.10. The van der Waals surface area contributed by atoms with Crippen molar-refractivity contribution in [2.75, 3.05) is 5.32 Å². The van der Waals surface area contributed by atoms with Crippen LogP contribution in [0.25, 0.3) is 0 Å². The van der Waals surface area contributed by atoms with Gasteiger partial charge in [0.25, 0.3) is 0 Å². The Bertz CT molecular complexity index is 630. The summed E-state index contributed by atoms with van der Waals surface area (Å²) >= 11 is 3.06. The van der Waals surface area contributed by atoms with Gasteiger partial charge in [-0.3, -0.25) is 0 Å². The molecular formula is C16H16BrF2N. The third-order valence-electron chi connectivity index (χ3n) is 3.31. The maximum atomic E-state index is 13.7. The van der Waals surface area contributed by atoms with E-state index in [0.29, 0.717) is 6.54 Å². The van der Waals surface area contributed by atoms with Crippen LogP contribution in [0.4, 0.5) is 14.5 Å². The second-order valence-corrected chi connectivity index (χ2v) is 5.83. The van der Waals surface area contributed by atoms with E-state index >= 15 is 0 Å². The number of anilines is 1. The molecule has 0 saturated carbocycles. The van der Waals surface area contributed by atoms with Crippen molar-refractivity contribution >= 4 is 21.6 Å². The van der Waals surface area contributed by atoms with Crippen LogP contribution in [-0.2, 0) is 6.54 Å². The molecule has 0 saturated heterocycles. The minimum absolute atomic E-state index is 0.249. The van der Waals surface area contributed by atoms with Crippen molar-refractivity contribution in [3.63, 3.8) is 0 Å². The number of benzene rings is 2. The van der Waals surface area contributed by atoms with Gasteiger partial charge in [-0.15, -0.1) is 0 Å². The normalized spacial score (nSPS) is 10.7. The van der Waals surface area contributed by atoms with Crippen molar-refractivity contribution in [3.8, 4) is 0 Å². The van der Waals surface area contributed by atoms with Gasteiger partial charge in [-0.25, -0.2) is 8.78 Å². The van der Waals surface area contributed by atoms with Crippen molar-refractivity contribution in [1.29, 1.82) is 0 Å². The second kappa shape index (κ2) is 5.92. The lowest BCUT2D eigenvalue weighted by Gasteiger charge is -2.14. The highest BCUT2D eigenvalue weighted by Gasteiger charge is 2.09. The van der Waals surface area contributed by atoms with E-state index in [-0.39, 0.29) is 10.2 Å². The molecule has 2 aromatic carbocycles. The van der Waals surface area contributed by atoms with Crippen LogP contribution in [0.2, 0.25) is 0 Å². The predicted octanol–water partition coefficient (Wildman–Crippen LogP) is 5.26. The SMILES string of the molecule is Cc1cc(C)c(CNc2cc(Br)c(F)cc2F)c(C)c1. The zero-order valence-electron chi connectivity index (χ0n) is 11.7. The molecule has 106 valence electrons. The van der Waals surface area contributed by atoms with Gasteiger partial charge in [-0.05, 0) is 59.5 Å². The fourth-order valence-corrected chi connectivity index (χ4v) is 2.67. The van der Waals surface area contributed by atoms with Crippen LogP contribution in [0.15, 0.2) is 28.7 Å². The van der Waals surface area contributed by atoms with Crippen LogP contribution in [0, 0.1) is 32.4 Å². The van der Waals surface area contributed by atoms with E-state index in [2.05, 4.69) is 33.4 Å². The average molecular weight is 340 g/mol. The molecule has 1 nitrogen and oxygen atoms in total. The van der Waals surface area contributed by atoms with Crippen molar-refractivity contribution < 1.29 is 8.78 Å². The minimum atomic E-state index is -0.601. The summed E-state index contributed by atoms with van der Waals surface area (Å²) in [6.07, 6.45) is 0. The van der Waals surface area contributed by atoms with E-state index in [4.69, 9.17) is 0 Å². The molecule has 20 heavy (non-hydrogen) atoms. The molecule has 0 aliphatic heterocycles. The number of halogens is 3. The van der Waals surface area contributed by atoms with E-state index in [1.807, 2.05) is 20.8 Å². The Kier molecular flexibility index (Phi) is 4.43. The van der Waals surface area contributed by atoms with Gasteiger partial charge in [0.05, 0.1) is 10.2 Å². The average Bonchev–Trinajstić information content (AvgIpc) is 2.33. The molecule has 0 bridgehead atoms. The molecule has 0 amide bonds. The molecule has 0 aliphatic carbocycles. The summed E-state index contributed by atoms with van der Waals surface area (Å²) in [6.45, 7) is 6.63. The summed E-state index contributed by atoms with van der Waals surface area (Å²) in [5.41, 5.74) is 4.96. The minimum Gasteiger partial charge on any atom is -0.379 e. The van der Waals surface area contributed by atoms with Gasteiger partial charge >= 0.3 is 0 Å². The van der Waals surface area contributed by atoms with Gasteiger partial charge in [-0.2, -0.15) is 0 Å². The van der Waals surface area contributed by atoms with Gasteiger partial charge in [0.15, 0.2) is 0 Å². The Morgan fingerprint density at radius 1 is 0.950 bits per heavy atom. The first-order chi connectivity index (χ1) is 9.38. The molecule has 0 aliphatic rings. The highest BCUT2D eigenvalue weighted by atomic mass is 79.9. The van der Waals surface area contributed by atoms with Crippen LogP contribution in [0.1, 0.15) is 22.3 Å². The molecule has 1 N–H and O–H groups in total. The molecule has 4 heteroatoms. The number of rotatable bonds is 3. The maximum absolute atomic E-state index is 13.7. The lowest BCUT2D eigenvalue weighted by atomic mass is 10.00. The summed E-state index contributed by atoms with van der Waals surface area (Å²) in [6, 6.07) is 6.49. The van der Waals surface area contributed by atoms with E-state index < -0.39 is 11.6 Å². The molecule has 2 aromatic rings. The number of hydrogen-bond donors (Lipinski definition) is 1. The highest BCUT2D eigenvalue weighted by Crippen LogP contribution is 2.25. The molecular weight excluding hydrogens is 324 g/mol. The first-order valence-corrected chi connectivity index (χ1v) is 7.13. The number of nitrogens with one attached hydrogen (secondary N) is 1. The molecule has 0 aromatic heterocycles. The largest absolute Gasteiger partial charge is 0.379 e. The monoisotopic (exact) mass is 339 g/mol. The van der Waals surface area contributed by atoms with Gasteiger partial charge in [-0.1, -0.05) is 17.7 Å². The third kappa shape index (κ3) is 3.18. The summed E-state index contributed by atoms with van der Waals surface area (Å²) in [5, 5.41) is 3.03. The molecule has 0 unspecified atom stereocenters. The predicted molar refractivity (Wildman–Crippen MR) is 82.0 cm³/mol. The van der Waals surface area contributed by atoms with Gasteiger partial charge in [0.2, 0.25) is 0 Å². The van der Waals surface area contributed by atoms with E-state index in [1.165, 1.54) is 11.6 Å². The van der Waals surface area contributed by atoms with Crippen LogP contribution < -0.4 is 5.32 Å². The Morgan fingerprint density at radius 2 is 1.55 bits per heavy atom. The first kappa shape index (κ1) is 15.0. The zero-order valence-corrected chi connectivity index (χ0v) is 13.2. The molecule has 0 radical (unpaired) electrons. The Morgan fingerprint density at radius 3 is 2.15 bits per heavy atom. The smallest absolute Gasteiger partial charge is 0.149 e. The third-order valence-corrected chi connectivity index (χ3v) is 3.91. The number of aryl methyl sites for hydroxylation is 3. The second-order valence-electron chi connectivity index (χ2n) is 4.98. The van der Waals surface area contributed by atoms with Crippen LogP contribution in [-0.4, -0.2) is 0 Å². The van der Waals surface area contributed by atoms with Gasteiger partial charge in [0.1, 0.15) is 11.6 Å². The van der Waals surface area contributed by atoms with Crippen LogP contribution in [0.3, 0.4) is 0 Å². The molecule has 2 rings (SSSR count). The Labute approximate surface area is 126 Å². The summed E-state index contributed by atoms with van der Waals surface area (Å²) < 4.78 is 27.1. The lowest BCUT2D eigenvalue weighted by Crippen LogP contribution is -2.06. The van der Waals surface area contributed by atoms with E-state index in [0.717, 1.165) is 22.8 Å². The summed E-state index contributed by atoms with van der Waals surface area (Å²) in [4.78, 5) is 0. The topological polar surface area (TPSA) is 12.0 Å². The van der Waals surface area contributed by atoms with Crippen LogP contribution >= 0.6 is 15.9 Å². The van der Waals surface area contributed by atoms with Gasteiger partial charge < -0.3 is 5.32 Å². The van der Waals surface area contributed by atoms with Crippen molar-refractivity contribution in [3.05, 3.63) is 62.6 Å². The quantitative estimate of drug-likeness (QED) is 0.751. The maximum Gasteiger partial charge on any atom is 0.149 e. The van der Waals surface area contributed by atoms with E-state index in [1.54, 1.807) is 0 Å². The fourth-order valence-electron chi connectivity index (χ4n) is 2.33. The fraction of sp³-hybridized carbons (Fsp3) is 0.250. The molecule has 0 heterocycles.